The molecule has 2 N–H and O–H groups in total. The Kier molecular flexibility index (Phi) is 13.1. The molecule has 1 heterocycles. The molecule has 0 aliphatic rings. The lowest BCUT2D eigenvalue weighted by Gasteiger charge is -2.22. The fourth-order valence-electron chi connectivity index (χ4n) is 4.25. The van der Waals surface area contributed by atoms with E-state index in [1.807, 2.05) is 54.1 Å². The maximum absolute atomic E-state index is 13.5. The van der Waals surface area contributed by atoms with Gasteiger partial charge in [0.2, 0.25) is 0 Å². The zero-order valence-corrected chi connectivity index (χ0v) is 27.1. The summed E-state index contributed by atoms with van der Waals surface area (Å²) in [6.45, 7) is 2.59. The SMILES string of the molecule is CCC[n+]1cc(Br)cc(C(=O)NCCOC(=O)N(CCOC(=O)Nc2cccc3ccccc23)c2ccc(F)cc2)c1.[I-]. The van der Waals surface area contributed by atoms with Gasteiger partial charge in [-0.15, -0.1) is 0 Å². The summed E-state index contributed by atoms with van der Waals surface area (Å²) in [5.74, 6) is -0.772. The van der Waals surface area contributed by atoms with Crippen molar-refractivity contribution in [1.29, 1.82) is 0 Å². The number of hydrogen-bond donors (Lipinski definition) is 2. The molecule has 0 spiro atoms. The van der Waals surface area contributed by atoms with Crippen molar-refractivity contribution in [2.45, 2.75) is 19.9 Å². The van der Waals surface area contributed by atoms with E-state index in [-0.39, 0.29) is 56.2 Å². The number of carbonyl (C=O) groups is 3. The van der Waals surface area contributed by atoms with Gasteiger partial charge in [0.25, 0.3) is 5.91 Å². The molecule has 0 unspecified atom stereocenters. The summed E-state index contributed by atoms with van der Waals surface area (Å²) in [6, 6.07) is 20.1. The molecule has 0 saturated heterocycles. The second kappa shape index (κ2) is 16.8. The number of nitrogens with zero attached hydrogens (tertiary/aromatic N) is 2. The van der Waals surface area contributed by atoms with Crippen LogP contribution in [0.2, 0.25) is 0 Å². The Morgan fingerprint density at radius 2 is 1.70 bits per heavy atom. The van der Waals surface area contributed by atoms with Gasteiger partial charge in [-0.3, -0.25) is 15.0 Å². The quantitative estimate of drug-likeness (QED) is 0.139. The summed E-state index contributed by atoms with van der Waals surface area (Å²) >= 11 is 3.42. The van der Waals surface area contributed by atoms with Crippen LogP contribution in [0.25, 0.3) is 10.8 Å². The Hall–Kier alpha value is -3.78. The van der Waals surface area contributed by atoms with E-state index in [1.165, 1.54) is 29.2 Å². The number of ether oxygens (including phenoxy) is 2. The minimum Gasteiger partial charge on any atom is -1.00 e. The second-order valence-corrected chi connectivity index (χ2v) is 10.2. The van der Waals surface area contributed by atoms with Gasteiger partial charge >= 0.3 is 12.2 Å². The van der Waals surface area contributed by atoms with Crippen molar-refractivity contribution in [3.05, 3.63) is 101 Å². The Bertz CT molecular complexity index is 1550. The van der Waals surface area contributed by atoms with Crippen LogP contribution in [0.1, 0.15) is 23.7 Å². The van der Waals surface area contributed by atoms with Crippen LogP contribution in [0.5, 0.6) is 0 Å². The zero-order valence-electron chi connectivity index (χ0n) is 23.4. The summed E-state index contributed by atoms with van der Waals surface area (Å²) in [5, 5.41) is 7.29. The molecule has 0 atom stereocenters. The molecule has 4 rings (SSSR count). The van der Waals surface area contributed by atoms with E-state index in [0.29, 0.717) is 16.9 Å². The molecule has 0 aliphatic carbocycles. The number of aromatic nitrogens is 1. The largest absolute Gasteiger partial charge is 1.00 e. The highest BCUT2D eigenvalue weighted by Gasteiger charge is 2.19. The summed E-state index contributed by atoms with van der Waals surface area (Å²) in [4.78, 5) is 39.3. The van der Waals surface area contributed by atoms with Crippen LogP contribution < -0.4 is 44.1 Å². The number of fused-ring (bicyclic) bond motifs is 1. The van der Waals surface area contributed by atoms with E-state index >= 15 is 0 Å². The number of amides is 3. The molecule has 43 heavy (non-hydrogen) atoms. The lowest BCUT2D eigenvalue weighted by atomic mass is 10.1. The average molecular weight is 765 g/mol. The average Bonchev–Trinajstić information content (AvgIpc) is 2.98. The zero-order chi connectivity index (χ0) is 29.9. The second-order valence-electron chi connectivity index (χ2n) is 9.27. The first-order valence-corrected chi connectivity index (χ1v) is 14.2. The van der Waals surface area contributed by atoms with Gasteiger partial charge in [-0.05, 0) is 57.7 Å². The summed E-state index contributed by atoms with van der Waals surface area (Å²) < 4.78 is 26.9. The Morgan fingerprint density at radius 3 is 2.47 bits per heavy atom. The molecule has 3 aromatic carbocycles. The molecule has 0 bridgehead atoms. The number of nitrogens with one attached hydrogen (secondary N) is 2. The number of halogens is 3. The van der Waals surface area contributed by atoms with Crippen LogP contribution >= 0.6 is 15.9 Å². The molecule has 0 aliphatic heterocycles. The maximum atomic E-state index is 13.5. The van der Waals surface area contributed by atoms with Gasteiger partial charge in [0, 0.05) is 17.5 Å². The van der Waals surface area contributed by atoms with Crippen molar-refractivity contribution in [3.63, 3.8) is 0 Å². The van der Waals surface area contributed by atoms with Gasteiger partial charge in [-0.2, -0.15) is 0 Å². The molecule has 0 fully saturated rings. The lowest BCUT2D eigenvalue weighted by molar-refractivity contribution is -0.697. The number of hydrogen-bond acceptors (Lipinski definition) is 5. The highest BCUT2D eigenvalue weighted by atomic mass is 127. The summed E-state index contributed by atoms with van der Waals surface area (Å²) in [6.07, 6.45) is 3.14. The number of carbonyl (C=O) groups excluding carboxylic acids is 3. The Labute approximate surface area is 274 Å². The smallest absolute Gasteiger partial charge is 0.414 e. The highest BCUT2D eigenvalue weighted by Crippen LogP contribution is 2.23. The van der Waals surface area contributed by atoms with E-state index in [0.717, 1.165) is 28.2 Å². The normalized spacial score (nSPS) is 10.4. The summed E-state index contributed by atoms with van der Waals surface area (Å²) in [7, 11) is 0. The van der Waals surface area contributed by atoms with E-state index in [1.54, 1.807) is 18.3 Å². The van der Waals surface area contributed by atoms with Crippen LogP contribution in [-0.4, -0.2) is 44.4 Å². The minimum atomic E-state index is -0.739. The third-order valence-electron chi connectivity index (χ3n) is 6.18. The van der Waals surface area contributed by atoms with Gasteiger partial charge in [0.05, 0.1) is 23.2 Å². The van der Waals surface area contributed by atoms with Gasteiger partial charge in [0.15, 0.2) is 12.4 Å². The fourth-order valence-corrected chi connectivity index (χ4v) is 4.76. The standard InChI is InChI=1S/C31H30BrFN4O5.HI/c1-2-15-36-20-23(19-24(32)21-36)29(38)34-14-17-42-31(40)37(26-12-10-25(33)11-13-26)16-18-41-30(39)35-28-9-5-7-22-6-3-4-8-27(22)28;/h3-13,19-21H,2,14-18H2,1H3,(H-,34,35,38,39);1H. The predicted molar refractivity (Wildman–Crippen MR) is 161 cm³/mol. The number of benzene rings is 3. The van der Waals surface area contributed by atoms with Crippen LogP contribution in [0.4, 0.5) is 25.4 Å². The van der Waals surface area contributed by atoms with Gasteiger partial charge in [-0.1, -0.05) is 43.3 Å². The van der Waals surface area contributed by atoms with Gasteiger partial charge in [-0.25, -0.2) is 18.5 Å². The molecule has 4 aromatic rings. The van der Waals surface area contributed by atoms with Crippen molar-refractivity contribution in [2.75, 3.05) is 36.5 Å². The van der Waals surface area contributed by atoms with E-state index in [9.17, 15) is 18.8 Å². The van der Waals surface area contributed by atoms with Crippen molar-refractivity contribution < 1.29 is 56.8 Å². The van der Waals surface area contributed by atoms with Crippen molar-refractivity contribution in [2.24, 2.45) is 0 Å². The third-order valence-corrected chi connectivity index (χ3v) is 6.61. The van der Waals surface area contributed by atoms with E-state index < -0.39 is 18.0 Å². The molecule has 12 heteroatoms. The molecular formula is C31H31BrFIN4O5. The molecule has 0 radical (unpaired) electrons. The van der Waals surface area contributed by atoms with E-state index in [2.05, 4.69) is 26.6 Å². The lowest BCUT2D eigenvalue weighted by Crippen LogP contribution is -3.00. The first-order chi connectivity index (χ1) is 20.3. The number of rotatable bonds is 11. The molecule has 9 nitrogen and oxygen atoms in total. The van der Waals surface area contributed by atoms with Gasteiger partial charge in [0.1, 0.15) is 31.1 Å². The van der Waals surface area contributed by atoms with Crippen molar-refractivity contribution in [3.8, 4) is 0 Å². The monoisotopic (exact) mass is 764 g/mol. The first-order valence-electron chi connectivity index (χ1n) is 13.4. The molecule has 226 valence electrons. The molecule has 3 amide bonds. The first kappa shape index (κ1) is 33.7. The summed E-state index contributed by atoms with van der Waals surface area (Å²) in [5.41, 5.74) is 1.42. The van der Waals surface area contributed by atoms with Crippen LogP contribution in [0, 0.1) is 5.82 Å². The molecule has 0 saturated carbocycles. The van der Waals surface area contributed by atoms with Gasteiger partial charge < -0.3 is 38.8 Å². The highest BCUT2D eigenvalue weighted by molar-refractivity contribution is 9.10. The van der Waals surface area contributed by atoms with E-state index in [4.69, 9.17) is 9.47 Å². The van der Waals surface area contributed by atoms with Crippen molar-refractivity contribution in [1.82, 2.24) is 5.32 Å². The number of pyridine rings is 1. The van der Waals surface area contributed by atoms with Crippen molar-refractivity contribution >= 4 is 56.2 Å². The fraction of sp³-hybridized carbons (Fsp3) is 0.226. The number of anilines is 2. The molecule has 1 aromatic heterocycles. The van der Waals surface area contributed by atoms with Crippen LogP contribution in [0.3, 0.4) is 0 Å². The predicted octanol–water partition coefficient (Wildman–Crippen LogP) is 3.06. The Morgan fingerprint density at radius 1 is 0.953 bits per heavy atom. The third kappa shape index (κ3) is 9.89. The van der Waals surface area contributed by atoms with Crippen LogP contribution in [0.15, 0.2) is 89.7 Å². The van der Waals surface area contributed by atoms with Crippen LogP contribution in [-0.2, 0) is 16.0 Å². The topological polar surface area (TPSA) is 101 Å². The minimum absolute atomic E-state index is 0. The number of aryl methyl sites for hydroxylation is 1. The maximum Gasteiger partial charge on any atom is 0.414 e. The molecular weight excluding hydrogens is 734 g/mol. The Balaban J connectivity index is 0.00000506.